The van der Waals surface area contributed by atoms with Crippen LogP contribution in [-0.4, -0.2) is 49.7 Å². The summed E-state index contributed by atoms with van der Waals surface area (Å²) in [5, 5.41) is 3.37. The molecule has 0 bridgehead atoms. The molecule has 0 aromatic heterocycles. The van der Waals surface area contributed by atoms with Crippen LogP contribution in [0.5, 0.6) is 0 Å². The maximum Gasteiger partial charge on any atom is 0.323 e. The molecule has 17 heavy (non-hydrogen) atoms. The van der Waals surface area contributed by atoms with Gasteiger partial charge in [-0.05, 0) is 12.8 Å². The topological polar surface area (TPSA) is 41.6 Å². The van der Waals surface area contributed by atoms with Gasteiger partial charge in [0.15, 0.2) is 0 Å². The van der Waals surface area contributed by atoms with Gasteiger partial charge in [0.05, 0.1) is 7.11 Å². The Morgan fingerprint density at radius 2 is 2.00 bits per heavy atom. The number of nitrogens with one attached hydrogen (secondary N) is 1. The van der Waals surface area contributed by atoms with Crippen LogP contribution in [0.25, 0.3) is 0 Å². The lowest BCUT2D eigenvalue weighted by molar-refractivity contribution is -0.149. The van der Waals surface area contributed by atoms with Gasteiger partial charge >= 0.3 is 5.97 Å². The largest absolute Gasteiger partial charge is 0.468 e. The average Bonchev–Trinajstić information content (AvgIpc) is 2.17. The summed E-state index contributed by atoms with van der Waals surface area (Å²) in [6.07, 6.45) is 0. The number of ether oxygens (including phenoxy) is 1. The summed E-state index contributed by atoms with van der Waals surface area (Å²) in [5.74, 6) is 0.182. The molecule has 0 saturated carbocycles. The Kier molecular flexibility index (Phi) is 10.2. The lowest BCUT2D eigenvalue weighted by atomic mass is 10.0. The second-order valence-electron chi connectivity index (χ2n) is 4.56. The number of carbonyl (C=O) groups is 1. The minimum absolute atomic E-state index is 0. The Bertz CT molecular complexity index is 228. The minimum atomic E-state index is -0.112. The number of rotatable bonds is 3. The Hall–Kier alpha value is -0.0300. The van der Waals surface area contributed by atoms with Crippen molar-refractivity contribution in [3.63, 3.8) is 0 Å². The first kappa shape index (κ1) is 19.3. The fourth-order valence-corrected chi connectivity index (χ4v) is 2.18. The molecule has 1 fully saturated rings. The maximum absolute atomic E-state index is 11.7. The zero-order chi connectivity index (χ0) is 11.4. The second-order valence-corrected chi connectivity index (χ2v) is 4.56. The van der Waals surface area contributed by atoms with Crippen LogP contribution in [0.1, 0.15) is 20.8 Å². The summed E-state index contributed by atoms with van der Waals surface area (Å²) in [7, 11) is 1.46. The number of hydrogen-bond acceptors (Lipinski definition) is 4. The monoisotopic (exact) mass is 286 g/mol. The Balaban J connectivity index is 0. The van der Waals surface area contributed by atoms with Crippen molar-refractivity contribution in [2.45, 2.75) is 32.9 Å². The molecule has 0 aliphatic carbocycles. The van der Waals surface area contributed by atoms with Crippen LogP contribution in [0.15, 0.2) is 0 Å². The van der Waals surface area contributed by atoms with Crippen molar-refractivity contribution >= 4 is 30.8 Å². The molecule has 1 N–H and O–H groups in total. The zero-order valence-corrected chi connectivity index (χ0v) is 12.6. The van der Waals surface area contributed by atoms with E-state index in [-0.39, 0.29) is 36.8 Å². The van der Waals surface area contributed by atoms with E-state index in [0.717, 1.165) is 19.6 Å². The van der Waals surface area contributed by atoms with E-state index in [2.05, 4.69) is 31.0 Å². The summed E-state index contributed by atoms with van der Waals surface area (Å²) in [6, 6.07) is 0.351. The van der Waals surface area contributed by atoms with Crippen molar-refractivity contribution in [3.8, 4) is 0 Å². The third-order valence-corrected chi connectivity index (χ3v) is 2.87. The van der Waals surface area contributed by atoms with Crippen LogP contribution in [0, 0.1) is 5.92 Å². The normalized spacial score (nSPS) is 22.3. The summed E-state index contributed by atoms with van der Waals surface area (Å²) in [4.78, 5) is 13.9. The minimum Gasteiger partial charge on any atom is -0.468 e. The molecule has 4 nitrogen and oxygen atoms in total. The molecule has 104 valence electrons. The number of methoxy groups -OCH3 is 1. The summed E-state index contributed by atoms with van der Waals surface area (Å²) >= 11 is 0. The SMILES string of the molecule is COC(=O)C(C(C)C)N1CCNC(C)C1.Cl.Cl. The van der Waals surface area contributed by atoms with Crippen molar-refractivity contribution in [2.24, 2.45) is 5.92 Å². The highest BCUT2D eigenvalue weighted by Crippen LogP contribution is 2.14. The van der Waals surface area contributed by atoms with Gasteiger partial charge in [-0.25, -0.2) is 0 Å². The van der Waals surface area contributed by atoms with E-state index in [4.69, 9.17) is 4.74 Å². The lowest BCUT2D eigenvalue weighted by Crippen LogP contribution is -2.56. The maximum atomic E-state index is 11.7. The molecular weight excluding hydrogens is 263 g/mol. The average molecular weight is 287 g/mol. The van der Waals surface area contributed by atoms with Gasteiger partial charge < -0.3 is 10.1 Å². The molecule has 0 radical (unpaired) electrons. The lowest BCUT2D eigenvalue weighted by Gasteiger charge is -2.38. The molecule has 0 aromatic carbocycles. The molecule has 2 unspecified atom stereocenters. The van der Waals surface area contributed by atoms with Gasteiger partial charge in [-0.3, -0.25) is 9.69 Å². The smallest absolute Gasteiger partial charge is 0.323 e. The van der Waals surface area contributed by atoms with Gasteiger partial charge in [0.2, 0.25) is 0 Å². The van der Waals surface area contributed by atoms with Crippen LogP contribution >= 0.6 is 24.8 Å². The fourth-order valence-electron chi connectivity index (χ4n) is 2.18. The first-order valence-corrected chi connectivity index (χ1v) is 5.61. The molecule has 0 aromatic rings. The van der Waals surface area contributed by atoms with E-state index in [1.165, 1.54) is 7.11 Å². The zero-order valence-electron chi connectivity index (χ0n) is 10.9. The Morgan fingerprint density at radius 1 is 1.41 bits per heavy atom. The van der Waals surface area contributed by atoms with E-state index in [1.54, 1.807) is 0 Å². The molecule has 2 atom stereocenters. The number of carbonyl (C=O) groups excluding carboxylic acids is 1. The number of hydrogen-bond donors (Lipinski definition) is 1. The first-order valence-electron chi connectivity index (χ1n) is 5.61. The van der Waals surface area contributed by atoms with Gasteiger partial charge in [0, 0.05) is 25.7 Å². The van der Waals surface area contributed by atoms with E-state index in [1.807, 2.05) is 0 Å². The Morgan fingerprint density at radius 3 is 2.41 bits per heavy atom. The van der Waals surface area contributed by atoms with Gasteiger partial charge in [0.1, 0.15) is 6.04 Å². The van der Waals surface area contributed by atoms with Crippen molar-refractivity contribution in [1.82, 2.24) is 10.2 Å². The van der Waals surface area contributed by atoms with Crippen LogP contribution in [0.2, 0.25) is 0 Å². The molecule has 6 heteroatoms. The molecule has 1 saturated heterocycles. The fraction of sp³-hybridized carbons (Fsp3) is 0.909. The van der Waals surface area contributed by atoms with E-state index < -0.39 is 0 Å². The van der Waals surface area contributed by atoms with Crippen molar-refractivity contribution < 1.29 is 9.53 Å². The second kappa shape index (κ2) is 8.97. The third kappa shape index (κ3) is 5.42. The Labute approximate surface area is 116 Å². The van der Waals surface area contributed by atoms with Crippen LogP contribution in [0.3, 0.4) is 0 Å². The van der Waals surface area contributed by atoms with Gasteiger partial charge in [-0.1, -0.05) is 13.8 Å². The molecule has 1 aliphatic rings. The summed E-state index contributed by atoms with van der Waals surface area (Å²) in [5.41, 5.74) is 0. The standard InChI is InChI=1S/C11H22N2O2.2ClH/c1-8(2)10(11(14)15-4)13-6-5-12-9(3)7-13;;/h8-10,12H,5-7H2,1-4H3;2*1H. The third-order valence-electron chi connectivity index (χ3n) is 2.87. The quantitative estimate of drug-likeness (QED) is 0.795. The van der Waals surface area contributed by atoms with Gasteiger partial charge in [-0.2, -0.15) is 0 Å². The van der Waals surface area contributed by atoms with Crippen molar-refractivity contribution in [2.75, 3.05) is 26.7 Å². The molecule has 1 aliphatic heterocycles. The predicted molar refractivity (Wildman–Crippen MR) is 74.2 cm³/mol. The van der Waals surface area contributed by atoms with Crippen LogP contribution < -0.4 is 5.32 Å². The highest BCUT2D eigenvalue weighted by Gasteiger charge is 2.31. The molecule has 1 heterocycles. The van der Waals surface area contributed by atoms with Crippen LogP contribution in [-0.2, 0) is 9.53 Å². The van der Waals surface area contributed by atoms with E-state index >= 15 is 0 Å². The molecule has 1 rings (SSSR count). The summed E-state index contributed by atoms with van der Waals surface area (Å²) in [6.45, 7) is 9.05. The van der Waals surface area contributed by atoms with Gasteiger partial charge in [0.25, 0.3) is 0 Å². The number of halogens is 2. The molecule has 0 amide bonds. The van der Waals surface area contributed by atoms with E-state index in [0.29, 0.717) is 12.0 Å². The number of piperazine rings is 1. The van der Waals surface area contributed by atoms with Gasteiger partial charge in [-0.15, -0.1) is 24.8 Å². The predicted octanol–water partition coefficient (Wildman–Crippen LogP) is 1.32. The highest BCUT2D eigenvalue weighted by atomic mass is 35.5. The molecule has 0 spiro atoms. The highest BCUT2D eigenvalue weighted by molar-refractivity contribution is 5.85. The number of nitrogens with zero attached hydrogens (tertiary/aromatic N) is 1. The molecular formula is C11H24Cl2N2O2. The van der Waals surface area contributed by atoms with Crippen molar-refractivity contribution in [3.05, 3.63) is 0 Å². The number of esters is 1. The van der Waals surface area contributed by atoms with Crippen LogP contribution in [0.4, 0.5) is 0 Å². The summed E-state index contributed by atoms with van der Waals surface area (Å²) < 4.78 is 4.86. The van der Waals surface area contributed by atoms with E-state index in [9.17, 15) is 4.79 Å². The first-order chi connectivity index (χ1) is 7.06. The van der Waals surface area contributed by atoms with Crippen molar-refractivity contribution in [1.29, 1.82) is 0 Å².